The number of hydrogen-bond acceptors (Lipinski definition) is 4. The summed E-state index contributed by atoms with van der Waals surface area (Å²) < 4.78 is 4.51. The highest BCUT2D eigenvalue weighted by Crippen LogP contribution is 1.91. The van der Waals surface area contributed by atoms with Crippen LogP contribution >= 0.6 is 0 Å². The maximum absolute atomic E-state index is 11.0. The molecule has 0 atom stereocenters. The van der Waals surface area contributed by atoms with Gasteiger partial charge in [-0.25, -0.2) is 4.79 Å². The molecule has 0 aliphatic carbocycles. The zero-order valence-corrected chi connectivity index (χ0v) is 8.54. The van der Waals surface area contributed by atoms with Crippen LogP contribution in [0, 0.1) is 0 Å². The molecule has 0 aromatic rings. The van der Waals surface area contributed by atoms with Crippen molar-refractivity contribution >= 4 is 11.9 Å². The minimum atomic E-state index is -0.814. The van der Waals surface area contributed by atoms with Crippen molar-refractivity contribution in [3.63, 3.8) is 0 Å². The van der Waals surface area contributed by atoms with Gasteiger partial charge in [0.25, 0.3) is 0 Å². The number of rotatable bonds is 6. The second kappa shape index (κ2) is 8.50. The Labute approximate surface area is 84.0 Å². The number of esters is 1. The van der Waals surface area contributed by atoms with Crippen molar-refractivity contribution in [2.45, 2.75) is 26.2 Å². The first-order valence-corrected chi connectivity index (χ1v) is 4.87. The first kappa shape index (κ1) is 12.9. The normalized spacial score (nSPS) is 9.57. The van der Waals surface area contributed by atoms with Crippen LogP contribution in [-0.2, 0) is 14.3 Å². The summed E-state index contributed by atoms with van der Waals surface area (Å²) in [6, 6.07) is 0. The molecule has 0 spiro atoms. The van der Waals surface area contributed by atoms with Gasteiger partial charge in [-0.2, -0.15) is 0 Å². The molecule has 5 nitrogen and oxygen atoms in total. The molecular weight excluding hydrogens is 184 g/mol. The van der Waals surface area contributed by atoms with Crippen molar-refractivity contribution in [1.82, 2.24) is 5.32 Å². The van der Waals surface area contributed by atoms with Crippen LogP contribution < -0.4 is 11.1 Å². The standard InChI is InChI=1S/C9H18N2O3/c1-2-14-9(13)8(12)11-7-5-3-4-6-10/h2-7,10H2,1H3,(H,11,12). The second-order valence-corrected chi connectivity index (χ2v) is 2.83. The Morgan fingerprint density at radius 2 is 2.00 bits per heavy atom. The first-order valence-electron chi connectivity index (χ1n) is 4.87. The summed E-state index contributed by atoms with van der Waals surface area (Å²) in [4.78, 5) is 21.8. The fourth-order valence-corrected chi connectivity index (χ4v) is 0.917. The highest BCUT2D eigenvalue weighted by molar-refractivity contribution is 6.32. The summed E-state index contributed by atoms with van der Waals surface area (Å²) in [6.07, 6.45) is 2.73. The van der Waals surface area contributed by atoms with Crippen LogP contribution in [0.15, 0.2) is 0 Å². The Morgan fingerprint density at radius 1 is 1.29 bits per heavy atom. The summed E-state index contributed by atoms with van der Waals surface area (Å²) in [5.74, 6) is -1.48. The lowest BCUT2D eigenvalue weighted by Crippen LogP contribution is -2.33. The van der Waals surface area contributed by atoms with E-state index in [-0.39, 0.29) is 6.61 Å². The minimum absolute atomic E-state index is 0.222. The third kappa shape index (κ3) is 6.42. The van der Waals surface area contributed by atoms with Gasteiger partial charge in [-0.3, -0.25) is 4.79 Å². The lowest BCUT2D eigenvalue weighted by atomic mass is 10.2. The number of nitrogens with one attached hydrogen (secondary N) is 1. The smallest absolute Gasteiger partial charge is 0.396 e. The number of nitrogens with two attached hydrogens (primary N) is 1. The summed E-state index contributed by atoms with van der Waals surface area (Å²) >= 11 is 0. The van der Waals surface area contributed by atoms with Gasteiger partial charge >= 0.3 is 11.9 Å². The molecule has 14 heavy (non-hydrogen) atoms. The molecule has 0 aromatic carbocycles. The van der Waals surface area contributed by atoms with Gasteiger partial charge in [0.05, 0.1) is 6.61 Å². The average Bonchev–Trinajstić information content (AvgIpc) is 2.17. The number of amides is 1. The van der Waals surface area contributed by atoms with Crippen LogP contribution in [0.5, 0.6) is 0 Å². The molecule has 0 bridgehead atoms. The van der Waals surface area contributed by atoms with E-state index >= 15 is 0 Å². The molecular formula is C9H18N2O3. The topological polar surface area (TPSA) is 81.4 Å². The quantitative estimate of drug-likeness (QED) is 0.355. The zero-order valence-electron chi connectivity index (χ0n) is 8.54. The van der Waals surface area contributed by atoms with E-state index in [1.165, 1.54) is 0 Å². The molecule has 3 N–H and O–H groups in total. The highest BCUT2D eigenvalue weighted by atomic mass is 16.5. The summed E-state index contributed by atoms with van der Waals surface area (Å²) in [7, 11) is 0. The molecule has 0 radical (unpaired) electrons. The first-order chi connectivity index (χ1) is 6.72. The van der Waals surface area contributed by atoms with Crippen molar-refractivity contribution in [1.29, 1.82) is 0 Å². The number of unbranched alkanes of at least 4 members (excludes halogenated alkanes) is 2. The molecule has 0 saturated carbocycles. The van der Waals surface area contributed by atoms with Crippen LogP contribution in [-0.4, -0.2) is 31.6 Å². The second-order valence-electron chi connectivity index (χ2n) is 2.83. The van der Waals surface area contributed by atoms with E-state index in [0.29, 0.717) is 13.1 Å². The molecule has 5 heteroatoms. The van der Waals surface area contributed by atoms with Crippen LogP contribution in [0.1, 0.15) is 26.2 Å². The van der Waals surface area contributed by atoms with Crippen molar-refractivity contribution in [3.05, 3.63) is 0 Å². The van der Waals surface area contributed by atoms with Gasteiger partial charge < -0.3 is 15.8 Å². The van der Waals surface area contributed by atoms with E-state index in [2.05, 4.69) is 10.1 Å². The number of carbonyl (C=O) groups excluding carboxylic acids is 2. The molecule has 0 aliphatic heterocycles. The zero-order chi connectivity index (χ0) is 10.8. The van der Waals surface area contributed by atoms with Crippen LogP contribution in [0.25, 0.3) is 0 Å². The molecule has 0 fully saturated rings. The van der Waals surface area contributed by atoms with Gasteiger partial charge in [0.2, 0.25) is 0 Å². The third-order valence-corrected chi connectivity index (χ3v) is 1.63. The average molecular weight is 202 g/mol. The van der Waals surface area contributed by atoms with E-state index < -0.39 is 11.9 Å². The summed E-state index contributed by atoms with van der Waals surface area (Å²) in [5, 5.41) is 2.47. The Hall–Kier alpha value is -1.10. The maximum Gasteiger partial charge on any atom is 0.396 e. The fraction of sp³-hybridized carbons (Fsp3) is 0.778. The third-order valence-electron chi connectivity index (χ3n) is 1.63. The number of hydrogen-bond donors (Lipinski definition) is 2. The van der Waals surface area contributed by atoms with Crippen molar-refractivity contribution in [2.24, 2.45) is 5.73 Å². The predicted octanol–water partition coefficient (Wildman–Crippen LogP) is -0.205. The van der Waals surface area contributed by atoms with Crippen LogP contribution in [0.3, 0.4) is 0 Å². The minimum Gasteiger partial charge on any atom is -0.459 e. The summed E-state index contributed by atoms with van der Waals surface area (Å²) in [5.41, 5.74) is 5.30. The molecule has 0 rings (SSSR count). The number of ether oxygens (including phenoxy) is 1. The van der Waals surface area contributed by atoms with Gasteiger partial charge in [0, 0.05) is 6.54 Å². The Bertz CT molecular complexity index is 183. The van der Waals surface area contributed by atoms with E-state index in [4.69, 9.17) is 5.73 Å². The lowest BCUT2D eigenvalue weighted by molar-refractivity contribution is -0.154. The molecule has 0 heterocycles. The highest BCUT2D eigenvalue weighted by Gasteiger charge is 2.12. The maximum atomic E-state index is 11.0. The fourth-order valence-electron chi connectivity index (χ4n) is 0.917. The van der Waals surface area contributed by atoms with Gasteiger partial charge in [0.1, 0.15) is 0 Å². The van der Waals surface area contributed by atoms with Gasteiger partial charge in [-0.15, -0.1) is 0 Å². The molecule has 0 aromatic heterocycles. The van der Waals surface area contributed by atoms with E-state index in [9.17, 15) is 9.59 Å². The van der Waals surface area contributed by atoms with E-state index in [1.54, 1.807) is 6.92 Å². The van der Waals surface area contributed by atoms with Gasteiger partial charge in [0.15, 0.2) is 0 Å². The number of carbonyl (C=O) groups is 2. The van der Waals surface area contributed by atoms with Gasteiger partial charge in [-0.05, 0) is 26.3 Å². The van der Waals surface area contributed by atoms with Gasteiger partial charge in [-0.1, -0.05) is 6.42 Å². The van der Waals surface area contributed by atoms with Crippen molar-refractivity contribution in [3.8, 4) is 0 Å². The molecule has 0 aliphatic rings. The Balaban J connectivity index is 3.39. The monoisotopic (exact) mass is 202 g/mol. The molecule has 0 saturated heterocycles. The predicted molar refractivity (Wildman–Crippen MR) is 52.5 cm³/mol. The Kier molecular flexibility index (Phi) is 7.83. The largest absolute Gasteiger partial charge is 0.459 e. The van der Waals surface area contributed by atoms with E-state index in [1.807, 2.05) is 0 Å². The van der Waals surface area contributed by atoms with E-state index in [0.717, 1.165) is 19.3 Å². The summed E-state index contributed by atoms with van der Waals surface area (Å²) in [6.45, 7) is 3.04. The van der Waals surface area contributed by atoms with Crippen molar-refractivity contribution in [2.75, 3.05) is 19.7 Å². The lowest BCUT2D eigenvalue weighted by Gasteiger charge is -2.03. The Morgan fingerprint density at radius 3 is 2.57 bits per heavy atom. The SMILES string of the molecule is CCOC(=O)C(=O)NCCCCCN. The molecule has 1 amide bonds. The van der Waals surface area contributed by atoms with Crippen LogP contribution in [0.4, 0.5) is 0 Å². The molecule has 0 unspecified atom stereocenters. The van der Waals surface area contributed by atoms with Crippen LogP contribution in [0.2, 0.25) is 0 Å². The molecule has 82 valence electrons. The van der Waals surface area contributed by atoms with Crippen molar-refractivity contribution < 1.29 is 14.3 Å².